The average Bonchev–Trinajstić information content (AvgIpc) is 2.32. The van der Waals surface area contributed by atoms with E-state index in [9.17, 15) is 4.39 Å². The molecule has 1 unspecified atom stereocenters. The molecule has 0 radical (unpaired) electrons. The molecule has 1 atom stereocenters. The first-order valence-electron chi connectivity index (χ1n) is 6.66. The van der Waals surface area contributed by atoms with Crippen LogP contribution in [-0.4, -0.2) is 0 Å². The van der Waals surface area contributed by atoms with Crippen LogP contribution in [0.3, 0.4) is 0 Å². The zero-order chi connectivity index (χ0) is 12.7. The highest BCUT2D eigenvalue weighted by atomic mass is 19.1. The van der Waals surface area contributed by atoms with E-state index < -0.39 is 0 Å². The highest BCUT2D eigenvalue weighted by Gasteiger charge is 2.07. The maximum atomic E-state index is 13.1. The number of rotatable bonds is 7. The van der Waals surface area contributed by atoms with E-state index in [0.29, 0.717) is 5.56 Å². The third-order valence-electron chi connectivity index (χ3n) is 3.23. The Bertz CT molecular complexity index is 336. The molecule has 0 spiro atoms. The Balaban J connectivity index is 2.36. The molecule has 0 aromatic heterocycles. The lowest BCUT2D eigenvalue weighted by molar-refractivity contribution is 0.553. The van der Waals surface area contributed by atoms with Crippen LogP contribution >= 0.6 is 0 Å². The highest BCUT2D eigenvalue weighted by Crippen LogP contribution is 2.20. The van der Waals surface area contributed by atoms with Gasteiger partial charge in [0.15, 0.2) is 0 Å². The van der Waals surface area contributed by atoms with Crippen LogP contribution in [0.5, 0.6) is 0 Å². The van der Waals surface area contributed by atoms with Crippen LogP contribution in [0.4, 0.5) is 4.39 Å². The van der Waals surface area contributed by atoms with Crippen LogP contribution in [0.25, 0.3) is 0 Å². The minimum atomic E-state index is -0.149. The van der Waals surface area contributed by atoms with Crippen molar-refractivity contribution in [2.75, 3.05) is 0 Å². The standard InChI is InChI=1S/C15H24FN/c1-3-4-5-6-7-8-15(17)13-9-10-14(16)12(2)11-13/h9-11,15H,3-8,17H2,1-2H3. The zero-order valence-electron chi connectivity index (χ0n) is 11.0. The van der Waals surface area contributed by atoms with Gasteiger partial charge in [0.1, 0.15) is 5.82 Å². The van der Waals surface area contributed by atoms with Gasteiger partial charge in [-0.25, -0.2) is 4.39 Å². The first-order valence-corrected chi connectivity index (χ1v) is 6.66. The number of hydrogen-bond acceptors (Lipinski definition) is 1. The predicted octanol–water partition coefficient (Wildman–Crippen LogP) is 4.49. The van der Waals surface area contributed by atoms with E-state index in [0.717, 1.165) is 18.4 Å². The molecule has 0 fully saturated rings. The largest absolute Gasteiger partial charge is 0.324 e. The maximum Gasteiger partial charge on any atom is 0.126 e. The highest BCUT2D eigenvalue weighted by molar-refractivity contribution is 5.26. The summed E-state index contributed by atoms with van der Waals surface area (Å²) >= 11 is 0. The summed E-state index contributed by atoms with van der Waals surface area (Å²) in [5.41, 5.74) is 7.85. The number of unbranched alkanes of at least 4 members (excludes halogenated alkanes) is 4. The summed E-state index contributed by atoms with van der Waals surface area (Å²) in [7, 11) is 0. The minimum absolute atomic E-state index is 0.0518. The average molecular weight is 237 g/mol. The molecule has 96 valence electrons. The van der Waals surface area contributed by atoms with Gasteiger partial charge < -0.3 is 5.73 Å². The molecule has 2 heteroatoms. The van der Waals surface area contributed by atoms with Crippen LogP contribution in [0.15, 0.2) is 18.2 Å². The Morgan fingerprint density at radius 3 is 2.53 bits per heavy atom. The quantitative estimate of drug-likeness (QED) is 0.694. The zero-order valence-corrected chi connectivity index (χ0v) is 11.0. The third-order valence-corrected chi connectivity index (χ3v) is 3.23. The SMILES string of the molecule is CCCCCCCC(N)c1ccc(F)c(C)c1. The molecule has 17 heavy (non-hydrogen) atoms. The van der Waals surface area contributed by atoms with Crippen molar-refractivity contribution in [2.45, 2.75) is 58.4 Å². The van der Waals surface area contributed by atoms with Gasteiger partial charge in [0.25, 0.3) is 0 Å². The normalized spacial score (nSPS) is 12.7. The fraction of sp³-hybridized carbons (Fsp3) is 0.600. The molecule has 0 aliphatic rings. The number of aryl methyl sites for hydroxylation is 1. The monoisotopic (exact) mass is 237 g/mol. The second-order valence-corrected chi connectivity index (χ2v) is 4.82. The van der Waals surface area contributed by atoms with Gasteiger partial charge in [0, 0.05) is 6.04 Å². The molecule has 2 N–H and O–H groups in total. The van der Waals surface area contributed by atoms with E-state index in [2.05, 4.69) is 6.92 Å². The molecule has 0 aliphatic heterocycles. The van der Waals surface area contributed by atoms with E-state index in [1.165, 1.54) is 31.7 Å². The lowest BCUT2D eigenvalue weighted by Gasteiger charge is -2.12. The fourth-order valence-corrected chi connectivity index (χ4v) is 2.03. The number of nitrogens with two attached hydrogens (primary N) is 1. The minimum Gasteiger partial charge on any atom is -0.324 e. The Hall–Kier alpha value is -0.890. The molecule has 0 saturated heterocycles. The molecular weight excluding hydrogens is 213 g/mol. The van der Waals surface area contributed by atoms with Crippen molar-refractivity contribution in [3.63, 3.8) is 0 Å². The summed E-state index contributed by atoms with van der Waals surface area (Å²) in [6.07, 6.45) is 7.29. The van der Waals surface area contributed by atoms with E-state index in [-0.39, 0.29) is 11.9 Å². The Morgan fingerprint density at radius 1 is 1.18 bits per heavy atom. The van der Waals surface area contributed by atoms with Crippen molar-refractivity contribution in [1.82, 2.24) is 0 Å². The number of hydrogen-bond donors (Lipinski definition) is 1. The van der Waals surface area contributed by atoms with Crippen LogP contribution in [0, 0.1) is 12.7 Å². The second-order valence-electron chi connectivity index (χ2n) is 4.82. The molecule has 0 saturated carbocycles. The molecule has 1 rings (SSSR count). The van der Waals surface area contributed by atoms with Crippen LogP contribution in [-0.2, 0) is 0 Å². The van der Waals surface area contributed by atoms with Crippen molar-refractivity contribution in [3.8, 4) is 0 Å². The second kappa shape index (κ2) is 7.44. The van der Waals surface area contributed by atoms with Gasteiger partial charge >= 0.3 is 0 Å². The van der Waals surface area contributed by atoms with Gasteiger partial charge in [-0.2, -0.15) is 0 Å². The van der Waals surface area contributed by atoms with E-state index in [1.54, 1.807) is 13.0 Å². The Kier molecular flexibility index (Phi) is 6.20. The first-order chi connectivity index (χ1) is 8.15. The van der Waals surface area contributed by atoms with Crippen molar-refractivity contribution >= 4 is 0 Å². The van der Waals surface area contributed by atoms with Gasteiger partial charge in [-0.3, -0.25) is 0 Å². The van der Waals surface area contributed by atoms with Gasteiger partial charge in [-0.05, 0) is 30.5 Å². The lowest BCUT2D eigenvalue weighted by atomic mass is 9.99. The summed E-state index contributed by atoms with van der Waals surface area (Å²) in [6.45, 7) is 4.00. The molecule has 1 aromatic rings. The molecule has 0 bridgehead atoms. The Labute approximate surface area is 104 Å². The summed E-state index contributed by atoms with van der Waals surface area (Å²) in [5.74, 6) is -0.149. The maximum absolute atomic E-state index is 13.1. The predicted molar refractivity (Wildman–Crippen MR) is 71.4 cm³/mol. The third kappa shape index (κ3) is 4.86. The molecular formula is C15H24FN. The summed E-state index contributed by atoms with van der Waals surface area (Å²) < 4.78 is 13.1. The van der Waals surface area contributed by atoms with Crippen LogP contribution in [0.2, 0.25) is 0 Å². The van der Waals surface area contributed by atoms with Crippen molar-refractivity contribution in [2.24, 2.45) is 5.73 Å². The molecule has 0 aliphatic carbocycles. The summed E-state index contributed by atoms with van der Waals surface area (Å²) in [4.78, 5) is 0. The van der Waals surface area contributed by atoms with Crippen LogP contribution in [0.1, 0.15) is 62.6 Å². The number of halogens is 1. The van der Waals surface area contributed by atoms with Gasteiger partial charge in [-0.1, -0.05) is 51.2 Å². The van der Waals surface area contributed by atoms with Crippen molar-refractivity contribution < 1.29 is 4.39 Å². The summed E-state index contributed by atoms with van der Waals surface area (Å²) in [5, 5.41) is 0. The topological polar surface area (TPSA) is 26.0 Å². The molecule has 1 nitrogen and oxygen atoms in total. The van der Waals surface area contributed by atoms with E-state index >= 15 is 0 Å². The lowest BCUT2D eigenvalue weighted by Crippen LogP contribution is -2.10. The first kappa shape index (κ1) is 14.2. The van der Waals surface area contributed by atoms with Crippen molar-refractivity contribution in [3.05, 3.63) is 35.1 Å². The molecule has 1 aromatic carbocycles. The van der Waals surface area contributed by atoms with Gasteiger partial charge in [0.05, 0.1) is 0 Å². The van der Waals surface area contributed by atoms with Gasteiger partial charge in [0.2, 0.25) is 0 Å². The summed E-state index contributed by atoms with van der Waals surface area (Å²) in [6, 6.07) is 5.24. The molecule has 0 amide bonds. The van der Waals surface area contributed by atoms with Crippen molar-refractivity contribution in [1.29, 1.82) is 0 Å². The van der Waals surface area contributed by atoms with E-state index in [4.69, 9.17) is 5.73 Å². The molecule has 0 heterocycles. The smallest absolute Gasteiger partial charge is 0.126 e. The number of benzene rings is 1. The van der Waals surface area contributed by atoms with E-state index in [1.807, 2.05) is 6.07 Å². The fourth-order valence-electron chi connectivity index (χ4n) is 2.03. The van der Waals surface area contributed by atoms with Crippen LogP contribution < -0.4 is 5.73 Å². The van der Waals surface area contributed by atoms with Gasteiger partial charge in [-0.15, -0.1) is 0 Å². The Morgan fingerprint density at radius 2 is 1.88 bits per heavy atom.